The number of nitrogen functional groups attached to an aromatic ring is 1. The average molecular weight is 376 g/mol. The number of hydrogen-bond donors (Lipinski definition) is 1. The molecule has 1 unspecified atom stereocenters. The Morgan fingerprint density at radius 1 is 1.29 bits per heavy atom. The molecule has 4 rings (SSSR count). The third kappa shape index (κ3) is 3.13. The van der Waals surface area contributed by atoms with Gasteiger partial charge in [0.05, 0.1) is 24.0 Å². The minimum absolute atomic E-state index is 0.0757. The molecule has 0 saturated carbocycles. The van der Waals surface area contributed by atoms with Gasteiger partial charge in [-0.15, -0.1) is 0 Å². The smallest absolute Gasteiger partial charge is 0.347 e. The molecular weight excluding hydrogens is 356 g/mol. The molecule has 28 heavy (non-hydrogen) atoms. The molecule has 1 aromatic carbocycles. The van der Waals surface area contributed by atoms with Crippen molar-refractivity contribution >= 4 is 11.9 Å². The third-order valence-electron chi connectivity index (χ3n) is 4.95. The van der Waals surface area contributed by atoms with Crippen molar-refractivity contribution in [3.05, 3.63) is 70.0 Å². The average Bonchev–Trinajstić information content (AvgIpc) is 3.00. The highest BCUT2D eigenvalue weighted by Crippen LogP contribution is 2.37. The Bertz CT molecular complexity index is 1120. The van der Waals surface area contributed by atoms with E-state index in [1.807, 2.05) is 38.1 Å². The Morgan fingerprint density at radius 2 is 2.11 bits per heavy atom. The number of fused-ring (bicyclic) bond motifs is 1. The SMILES string of the molecule is Cc1cccc(-c2nc(N)nc3c2CN(C(=O)Cn2cccnc2=O)C3C)c1. The van der Waals surface area contributed by atoms with Gasteiger partial charge >= 0.3 is 5.69 Å². The first-order valence-corrected chi connectivity index (χ1v) is 8.98. The number of anilines is 1. The number of benzene rings is 1. The fourth-order valence-electron chi connectivity index (χ4n) is 3.55. The molecular formula is C20H20N6O2. The van der Waals surface area contributed by atoms with E-state index >= 15 is 0 Å². The molecule has 3 aromatic rings. The van der Waals surface area contributed by atoms with Gasteiger partial charge in [-0.3, -0.25) is 9.36 Å². The molecule has 0 aliphatic carbocycles. The first-order valence-electron chi connectivity index (χ1n) is 8.98. The molecule has 8 heteroatoms. The standard InChI is InChI=1S/C20H20N6O2/c1-12-5-3-6-14(9-12)18-15-10-26(13(2)17(15)23-19(21)24-18)16(27)11-25-8-4-7-22-20(25)28/h3-9,13H,10-11H2,1-2H3,(H2,21,23,24). The van der Waals surface area contributed by atoms with Crippen LogP contribution in [-0.2, 0) is 17.9 Å². The van der Waals surface area contributed by atoms with E-state index in [0.29, 0.717) is 6.54 Å². The lowest BCUT2D eigenvalue weighted by molar-refractivity contribution is -0.134. The van der Waals surface area contributed by atoms with Crippen LogP contribution in [0.2, 0.25) is 0 Å². The summed E-state index contributed by atoms with van der Waals surface area (Å²) in [4.78, 5) is 38.9. The molecule has 0 spiro atoms. The number of aryl methyl sites for hydroxylation is 1. The Labute approximate surface area is 161 Å². The normalized spacial score (nSPS) is 15.5. The van der Waals surface area contributed by atoms with Crippen molar-refractivity contribution in [1.29, 1.82) is 0 Å². The van der Waals surface area contributed by atoms with Crippen LogP contribution >= 0.6 is 0 Å². The zero-order chi connectivity index (χ0) is 19.8. The van der Waals surface area contributed by atoms with Gasteiger partial charge in [0.15, 0.2) is 0 Å². The number of nitrogens with two attached hydrogens (primary N) is 1. The van der Waals surface area contributed by atoms with Crippen molar-refractivity contribution in [2.75, 3.05) is 5.73 Å². The fraction of sp³-hybridized carbons (Fsp3) is 0.250. The zero-order valence-corrected chi connectivity index (χ0v) is 15.7. The van der Waals surface area contributed by atoms with Gasteiger partial charge in [-0.25, -0.2) is 19.7 Å². The Hall–Kier alpha value is -3.55. The fourth-order valence-corrected chi connectivity index (χ4v) is 3.55. The van der Waals surface area contributed by atoms with E-state index in [-0.39, 0.29) is 24.4 Å². The molecule has 142 valence electrons. The van der Waals surface area contributed by atoms with Gasteiger partial charge in [-0.2, -0.15) is 0 Å². The van der Waals surface area contributed by atoms with Crippen molar-refractivity contribution in [2.24, 2.45) is 0 Å². The van der Waals surface area contributed by atoms with Crippen molar-refractivity contribution in [2.45, 2.75) is 33.0 Å². The van der Waals surface area contributed by atoms with Crippen molar-refractivity contribution in [3.63, 3.8) is 0 Å². The van der Waals surface area contributed by atoms with Crippen LogP contribution in [0, 0.1) is 6.92 Å². The van der Waals surface area contributed by atoms with Crippen LogP contribution in [0.3, 0.4) is 0 Å². The van der Waals surface area contributed by atoms with E-state index in [1.165, 1.54) is 10.8 Å². The van der Waals surface area contributed by atoms with Gasteiger partial charge in [-0.05, 0) is 26.0 Å². The summed E-state index contributed by atoms with van der Waals surface area (Å²) in [5.74, 6) is -0.00533. The molecule has 1 atom stereocenters. The van der Waals surface area contributed by atoms with E-state index < -0.39 is 5.69 Å². The lowest BCUT2D eigenvalue weighted by Crippen LogP contribution is -2.35. The maximum Gasteiger partial charge on any atom is 0.347 e. The van der Waals surface area contributed by atoms with E-state index in [9.17, 15) is 9.59 Å². The second-order valence-electron chi connectivity index (χ2n) is 6.89. The summed E-state index contributed by atoms with van der Waals surface area (Å²) < 4.78 is 1.29. The minimum atomic E-state index is -0.454. The number of nitrogens with zero attached hydrogens (tertiary/aromatic N) is 5. The Morgan fingerprint density at radius 3 is 2.86 bits per heavy atom. The number of hydrogen-bond acceptors (Lipinski definition) is 6. The van der Waals surface area contributed by atoms with Gasteiger partial charge < -0.3 is 10.6 Å². The van der Waals surface area contributed by atoms with Crippen molar-refractivity contribution in [3.8, 4) is 11.3 Å². The highest BCUT2D eigenvalue weighted by Gasteiger charge is 2.34. The van der Waals surface area contributed by atoms with Crippen LogP contribution in [0.15, 0.2) is 47.5 Å². The van der Waals surface area contributed by atoms with E-state index in [1.54, 1.807) is 17.2 Å². The zero-order valence-electron chi connectivity index (χ0n) is 15.7. The molecule has 0 bridgehead atoms. The van der Waals surface area contributed by atoms with Crippen LogP contribution in [0.5, 0.6) is 0 Å². The van der Waals surface area contributed by atoms with Crippen LogP contribution in [-0.4, -0.2) is 30.3 Å². The molecule has 1 aliphatic rings. The first-order chi connectivity index (χ1) is 13.4. The maximum absolute atomic E-state index is 12.9. The minimum Gasteiger partial charge on any atom is -0.368 e. The number of rotatable bonds is 3. The number of aromatic nitrogens is 4. The summed E-state index contributed by atoms with van der Waals surface area (Å²) in [6.45, 7) is 4.21. The Balaban J connectivity index is 1.69. The molecule has 0 fully saturated rings. The predicted molar refractivity (Wildman–Crippen MR) is 104 cm³/mol. The largest absolute Gasteiger partial charge is 0.368 e. The second-order valence-corrected chi connectivity index (χ2v) is 6.89. The Kier molecular flexibility index (Phi) is 4.38. The lowest BCUT2D eigenvalue weighted by Gasteiger charge is -2.21. The maximum atomic E-state index is 12.9. The molecule has 2 N–H and O–H groups in total. The van der Waals surface area contributed by atoms with Gasteiger partial charge in [0.25, 0.3) is 0 Å². The molecule has 0 radical (unpaired) electrons. The third-order valence-corrected chi connectivity index (χ3v) is 4.95. The summed E-state index contributed by atoms with van der Waals surface area (Å²) in [5.41, 5.74) is 9.93. The predicted octanol–water partition coefficient (Wildman–Crippen LogP) is 1.69. The summed E-state index contributed by atoms with van der Waals surface area (Å²) in [6.07, 6.45) is 2.96. The highest BCUT2D eigenvalue weighted by atomic mass is 16.2. The molecule has 2 aromatic heterocycles. The molecule has 1 aliphatic heterocycles. The van der Waals surface area contributed by atoms with Crippen molar-refractivity contribution in [1.82, 2.24) is 24.4 Å². The van der Waals surface area contributed by atoms with E-state index in [2.05, 4.69) is 15.0 Å². The number of carbonyl (C=O) groups is 1. The van der Waals surface area contributed by atoms with Gasteiger partial charge in [0, 0.05) is 23.5 Å². The highest BCUT2D eigenvalue weighted by molar-refractivity contribution is 5.78. The topological polar surface area (TPSA) is 107 Å². The van der Waals surface area contributed by atoms with Crippen LogP contribution in [0.25, 0.3) is 11.3 Å². The summed E-state index contributed by atoms with van der Waals surface area (Å²) in [5, 5.41) is 0. The van der Waals surface area contributed by atoms with Crippen LogP contribution in [0.1, 0.15) is 29.8 Å². The second kappa shape index (κ2) is 6.88. The summed E-state index contributed by atoms with van der Waals surface area (Å²) >= 11 is 0. The van der Waals surface area contributed by atoms with E-state index in [4.69, 9.17) is 5.73 Å². The van der Waals surface area contributed by atoms with Gasteiger partial charge in [0.1, 0.15) is 6.54 Å². The molecule has 3 heterocycles. The number of carbonyl (C=O) groups excluding carboxylic acids is 1. The van der Waals surface area contributed by atoms with Gasteiger partial charge in [-0.1, -0.05) is 23.8 Å². The first kappa shape index (κ1) is 17.8. The van der Waals surface area contributed by atoms with E-state index in [0.717, 1.165) is 28.1 Å². The van der Waals surface area contributed by atoms with Crippen LogP contribution in [0.4, 0.5) is 5.95 Å². The summed E-state index contributed by atoms with van der Waals surface area (Å²) in [6, 6.07) is 9.35. The van der Waals surface area contributed by atoms with Gasteiger partial charge in [0.2, 0.25) is 11.9 Å². The quantitative estimate of drug-likeness (QED) is 0.745. The number of amides is 1. The van der Waals surface area contributed by atoms with Crippen LogP contribution < -0.4 is 11.4 Å². The van der Waals surface area contributed by atoms with Crippen molar-refractivity contribution < 1.29 is 4.79 Å². The monoisotopic (exact) mass is 376 g/mol. The molecule has 0 saturated heterocycles. The lowest BCUT2D eigenvalue weighted by atomic mass is 10.0. The molecule has 1 amide bonds. The summed E-state index contributed by atoms with van der Waals surface area (Å²) in [7, 11) is 0. The molecule has 8 nitrogen and oxygen atoms in total.